The molecule has 3 aromatic rings. The molecule has 20 heavy (non-hydrogen) atoms. The van der Waals surface area contributed by atoms with Crippen LogP contribution in [0.3, 0.4) is 0 Å². The van der Waals surface area contributed by atoms with E-state index >= 15 is 0 Å². The largest absolute Gasteiger partial charge is 0.378 e. The van der Waals surface area contributed by atoms with Crippen LogP contribution in [0.4, 0.5) is 11.4 Å². The van der Waals surface area contributed by atoms with Crippen LogP contribution in [-0.2, 0) is 0 Å². The third-order valence-electron chi connectivity index (χ3n) is 3.61. The number of anilines is 2. The van der Waals surface area contributed by atoms with Crippen LogP contribution >= 0.6 is 0 Å². The summed E-state index contributed by atoms with van der Waals surface area (Å²) in [6.07, 6.45) is 0. The predicted octanol–water partition coefficient (Wildman–Crippen LogP) is 3.52. The van der Waals surface area contributed by atoms with Crippen molar-refractivity contribution in [3.8, 4) is 0 Å². The number of rotatable bonds is 2. The van der Waals surface area contributed by atoms with Crippen LogP contribution < -0.4 is 9.80 Å². The van der Waals surface area contributed by atoms with Crippen molar-refractivity contribution in [2.75, 3.05) is 38.0 Å². The summed E-state index contributed by atoms with van der Waals surface area (Å²) in [7, 11) is 8.22. The van der Waals surface area contributed by atoms with Gasteiger partial charge in [-0.15, -0.1) is 0 Å². The Kier molecular flexibility index (Phi) is 2.97. The van der Waals surface area contributed by atoms with Crippen molar-refractivity contribution in [3.05, 3.63) is 42.5 Å². The molecule has 0 atom stereocenters. The number of benzene rings is 2. The molecular formula is C17H19N3. The first-order valence-electron chi connectivity index (χ1n) is 6.74. The molecule has 0 spiro atoms. The summed E-state index contributed by atoms with van der Waals surface area (Å²) in [5.74, 6) is 0. The van der Waals surface area contributed by atoms with E-state index in [1.54, 1.807) is 0 Å². The Morgan fingerprint density at radius 2 is 1.60 bits per heavy atom. The van der Waals surface area contributed by atoms with Gasteiger partial charge in [-0.25, -0.2) is 4.98 Å². The minimum atomic E-state index is 1.04. The van der Waals surface area contributed by atoms with Gasteiger partial charge in [-0.2, -0.15) is 0 Å². The van der Waals surface area contributed by atoms with Gasteiger partial charge in [0.05, 0.1) is 11.0 Å². The zero-order valence-corrected chi connectivity index (χ0v) is 12.4. The molecule has 3 heteroatoms. The topological polar surface area (TPSA) is 19.4 Å². The minimum absolute atomic E-state index is 1.04. The van der Waals surface area contributed by atoms with Crippen molar-refractivity contribution in [2.45, 2.75) is 0 Å². The van der Waals surface area contributed by atoms with Gasteiger partial charge in [0.1, 0.15) is 0 Å². The summed E-state index contributed by atoms with van der Waals surface area (Å²) < 4.78 is 0. The van der Waals surface area contributed by atoms with E-state index < -0.39 is 0 Å². The molecule has 3 rings (SSSR count). The summed E-state index contributed by atoms with van der Waals surface area (Å²) in [4.78, 5) is 9.04. The van der Waals surface area contributed by atoms with Crippen molar-refractivity contribution in [3.63, 3.8) is 0 Å². The van der Waals surface area contributed by atoms with Gasteiger partial charge in [0.25, 0.3) is 0 Å². The van der Waals surface area contributed by atoms with Gasteiger partial charge in [0.2, 0.25) is 0 Å². The number of aromatic nitrogens is 1. The van der Waals surface area contributed by atoms with E-state index in [1.165, 1.54) is 22.1 Å². The molecule has 102 valence electrons. The fraction of sp³-hybridized carbons (Fsp3) is 0.235. The number of hydrogen-bond acceptors (Lipinski definition) is 3. The highest BCUT2D eigenvalue weighted by atomic mass is 15.1. The molecule has 0 amide bonds. The Hall–Kier alpha value is -2.29. The summed E-state index contributed by atoms with van der Waals surface area (Å²) >= 11 is 0. The Balaban J connectivity index is 2.31. The maximum atomic E-state index is 4.81. The lowest BCUT2D eigenvalue weighted by Gasteiger charge is -2.16. The van der Waals surface area contributed by atoms with Crippen molar-refractivity contribution in [1.82, 2.24) is 4.98 Å². The second kappa shape index (κ2) is 4.67. The average Bonchev–Trinajstić information content (AvgIpc) is 2.43. The summed E-state index contributed by atoms with van der Waals surface area (Å²) in [6, 6.07) is 14.9. The normalized spacial score (nSPS) is 11.0. The lowest BCUT2D eigenvalue weighted by Crippen LogP contribution is -2.09. The zero-order valence-electron chi connectivity index (χ0n) is 12.4. The molecule has 0 unspecified atom stereocenters. The molecule has 3 nitrogen and oxygen atoms in total. The molecule has 0 N–H and O–H groups in total. The monoisotopic (exact) mass is 265 g/mol. The first-order valence-corrected chi connectivity index (χ1v) is 6.74. The average molecular weight is 265 g/mol. The molecule has 0 radical (unpaired) electrons. The van der Waals surface area contributed by atoms with Crippen molar-refractivity contribution in [1.29, 1.82) is 0 Å². The van der Waals surface area contributed by atoms with Crippen LogP contribution in [0, 0.1) is 0 Å². The molecular weight excluding hydrogens is 246 g/mol. The Morgan fingerprint density at radius 1 is 0.800 bits per heavy atom. The Bertz CT molecular complexity index is 775. The molecule has 0 bridgehead atoms. The van der Waals surface area contributed by atoms with E-state index in [9.17, 15) is 0 Å². The number of fused-ring (bicyclic) bond motifs is 2. The lowest BCUT2D eigenvalue weighted by molar-refractivity contribution is 1.13. The van der Waals surface area contributed by atoms with Gasteiger partial charge < -0.3 is 9.80 Å². The smallest absolute Gasteiger partial charge is 0.0730 e. The zero-order chi connectivity index (χ0) is 14.3. The van der Waals surface area contributed by atoms with Gasteiger partial charge >= 0.3 is 0 Å². The third kappa shape index (κ3) is 2.05. The van der Waals surface area contributed by atoms with Crippen LogP contribution in [0.15, 0.2) is 42.5 Å². The second-order valence-corrected chi connectivity index (χ2v) is 5.50. The van der Waals surface area contributed by atoms with E-state index in [0.29, 0.717) is 0 Å². The Labute approximate surface area is 119 Å². The maximum Gasteiger partial charge on any atom is 0.0730 e. The minimum Gasteiger partial charge on any atom is -0.378 e. The highest BCUT2D eigenvalue weighted by Crippen LogP contribution is 2.29. The van der Waals surface area contributed by atoms with Gasteiger partial charge in [-0.1, -0.05) is 12.1 Å². The molecule has 0 saturated carbocycles. The first-order chi connectivity index (χ1) is 9.56. The van der Waals surface area contributed by atoms with Crippen LogP contribution in [0.25, 0.3) is 21.8 Å². The van der Waals surface area contributed by atoms with Crippen LogP contribution in [0.5, 0.6) is 0 Å². The van der Waals surface area contributed by atoms with Crippen molar-refractivity contribution >= 4 is 33.2 Å². The standard InChI is InChI=1S/C17H19N3/c1-19(2)13-9-8-12-10-14-15(18-16(12)11-13)6-5-7-17(14)20(3)4/h5-11H,1-4H3. The van der Waals surface area contributed by atoms with Crippen molar-refractivity contribution < 1.29 is 0 Å². The molecule has 0 fully saturated rings. The second-order valence-electron chi connectivity index (χ2n) is 5.50. The molecule has 0 saturated heterocycles. The summed E-state index contributed by atoms with van der Waals surface area (Å²) in [5.41, 5.74) is 4.46. The van der Waals surface area contributed by atoms with Gasteiger partial charge in [0, 0.05) is 50.3 Å². The van der Waals surface area contributed by atoms with E-state index in [2.05, 4.69) is 66.4 Å². The van der Waals surface area contributed by atoms with Crippen LogP contribution in [-0.4, -0.2) is 33.2 Å². The third-order valence-corrected chi connectivity index (χ3v) is 3.61. The highest BCUT2D eigenvalue weighted by molar-refractivity contribution is 6.00. The van der Waals surface area contributed by atoms with E-state index in [4.69, 9.17) is 4.98 Å². The SMILES string of the molecule is CN(C)c1ccc2cc3c(N(C)C)cccc3nc2c1. The van der Waals surface area contributed by atoms with E-state index in [0.717, 1.165) is 11.0 Å². The molecule has 0 aliphatic rings. The van der Waals surface area contributed by atoms with Crippen LogP contribution in [0.2, 0.25) is 0 Å². The van der Waals surface area contributed by atoms with Gasteiger partial charge in [-0.05, 0) is 30.3 Å². The molecule has 0 aliphatic carbocycles. The first kappa shape index (κ1) is 12.7. The number of nitrogens with zero attached hydrogens (tertiary/aromatic N) is 3. The van der Waals surface area contributed by atoms with Crippen LogP contribution in [0.1, 0.15) is 0 Å². The fourth-order valence-corrected chi connectivity index (χ4v) is 2.49. The Morgan fingerprint density at radius 3 is 2.30 bits per heavy atom. The molecule has 1 aromatic heterocycles. The highest BCUT2D eigenvalue weighted by Gasteiger charge is 2.06. The van der Waals surface area contributed by atoms with E-state index in [1.807, 2.05) is 14.1 Å². The summed E-state index contributed by atoms with van der Waals surface area (Å²) in [5, 5.41) is 2.38. The summed E-state index contributed by atoms with van der Waals surface area (Å²) in [6.45, 7) is 0. The maximum absolute atomic E-state index is 4.81. The van der Waals surface area contributed by atoms with E-state index in [-0.39, 0.29) is 0 Å². The number of hydrogen-bond donors (Lipinski definition) is 0. The molecule has 2 aromatic carbocycles. The quantitative estimate of drug-likeness (QED) is 0.661. The lowest BCUT2D eigenvalue weighted by atomic mass is 10.1. The fourth-order valence-electron chi connectivity index (χ4n) is 2.49. The van der Waals surface area contributed by atoms with Gasteiger partial charge in [-0.3, -0.25) is 0 Å². The van der Waals surface area contributed by atoms with Crippen molar-refractivity contribution in [2.24, 2.45) is 0 Å². The molecule has 1 heterocycles. The predicted molar refractivity (Wildman–Crippen MR) is 87.9 cm³/mol. The van der Waals surface area contributed by atoms with Gasteiger partial charge in [0.15, 0.2) is 0 Å². The molecule has 0 aliphatic heterocycles. The number of pyridine rings is 1.